The van der Waals surface area contributed by atoms with Crippen molar-refractivity contribution in [2.24, 2.45) is 13.0 Å². The second-order valence-electron chi connectivity index (χ2n) is 5.97. The van der Waals surface area contributed by atoms with E-state index < -0.39 is 6.10 Å². The molecule has 108 valence electrons. The Hall–Kier alpha value is -0.460. The van der Waals surface area contributed by atoms with Crippen LogP contribution in [-0.4, -0.2) is 44.6 Å². The van der Waals surface area contributed by atoms with Crippen molar-refractivity contribution in [1.82, 2.24) is 19.9 Å². The molecule has 0 amide bonds. The third kappa shape index (κ3) is 2.58. The molecular formula is C13H23BrN4O. The number of likely N-dealkylation sites (N-methyl/N-ethyl adjacent to an activating group) is 1. The molecule has 1 atom stereocenters. The Bertz CT molecular complexity index is 418. The van der Waals surface area contributed by atoms with Gasteiger partial charge in [0, 0.05) is 7.05 Å². The fourth-order valence-electron chi connectivity index (χ4n) is 3.11. The van der Waals surface area contributed by atoms with Gasteiger partial charge >= 0.3 is 0 Å². The van der Waals surface area contributed by atoms with E-state index in [2.05, 4.69) is 52.2 Å². The lowest BCUT2D eigenvalue weighted by atomic mass is 9.72. The number of rotatable bonds is 3. The minimum atomic E-state index is -0.579. The molecule has 2 rings (SSSR count). The van der Waals surface area contributed by atoms with E-state index in [-0.39, 0.29) is 5.54 Å². The van der Waals surface area contributed by atoms with Crippen molar-refractivity contribution in [2.45, 2.75) is 44.2 Å². The summed E-state index contributed by atoms with van der Waals surface area (Å²) in [7, 11) is 5.93. The maximum atomic E-state index is 10.9. The van der Waals surface area contributed by atoms with E-state index in [1.54, 1.807) is 4.68 Å². The zero-order chi connectivity index (χ0) is 14.2. The molecule has 1 N–H and O–H groups in total. The molecule has 1 aliphatic rings. The normalized spacial score (nSPS) is 29.7. The Kier molecular flexibility index (Phi) is 4.32. The van der Waals surface area contributed by atoms with Gasteiger partial charge in [0.2, 0.25) is 0 Å². The highest BCUT2D eigenvalue weighted by atomic mass is 79.9. The summed E-state index contributed by atoms with van der Waals surface area (Å²) in [6, 6.07) is 0. The van der Waals surface area contributed by atoms with Crippen molar-refractivity contribution < 1.29 is 5.11 Å². The Morgan fingerprint density at radius 1 is 1.42 bits per heavy atom. The van der Waals surface area contributed by atoms with Gasteiger partial charge in [0.25, 0.3) is 0 Å². The van der Waals surface area contributed by atoms with Crippen LogP contribution in [0.15, 0.2) is 4.60 Å². The average Bonchev–Trinajstić information content (AvgIpc) is 2.69. The van der Waals surface area contributed by atoms with E-state index in [9.17, 15) is 5.11 Å². The standard InChI is InChI=1S/C13H23BrN4O/c1-9-5-7-13(8-6-9,17(2)3)11(19)10-12(14)15-16-18(10)4/h9,11,19H,5-8H2,1-4H3. The molecule has 0 radical (unpaired) electrons. The monoisotopic (exact) mass is 330 g/mol. The minimum Gasteiger partial charge on any atom is -0.385 e. The minimum absolute atomic E-state index is 0.218. The third-order valence-corrected chi connectivity index (χ3v) is 5.19. The van der Waals surface area contributed by atoms with Gasteiger partial charge in [-0.3, -0.25) is 0 Å². The number of hydrogen-bond donors (Lipinski definition) is 1. The van der Waals surface area contributed by atoms with E-state index in [0.29, 0.717) is 4.60 Å². The Balaban J connectivity index is 2.35. The van der Waals surface area contributed by atoms with Crippen LogP contribution in [0.25, 0.3) is 0 Å². The maximum Gasteiger partial charge on any atom is 0.154 e. The van der Waals surface area contributed by atoms with Gasteiger partial charge in [0.1, 0.15) is 11.8 Å². The van der Waals surface area contributed by atoms with Gasteiger partial charge in [-0.15, -0.1) is 5.10 Å². The van der Waals surface area contributed by atoms with Gasteiger partial charge in [-0.2, -0.15) is 0 Å². The first kappa shape index (κ1) is 14.9. The summed E-state index contributed by atoms with van der Waals surface area (Å²) in [5.41, 5.74) is 0.549. The molecule has 5 nitrogen and oxygen atoms in total. The van der Waals surface area contributed by atoms with Crippen molar-refractivity contribution in [3.63, 3.8) is 0 Å². The first-order chi connectivity index (χ1) is 8.88. The molecule has 1 unspecified atom stereocenters. The topological polar surface area (TPSA) is 54.2 Å². The molecule has 0 saturated heterocycles. The summed E-state index contributed by atoms with van der Waals surface area (Å²) in [6.45, 7) is 2.29. The van der Waals surface area contributed by atoms with Crippen molar-refractivity contribution in [3.05, 3.63) is 10.3 Å². The lowest BCUT2D eigenvalue weighted by Gasteiger charge is -2.47. The lowest BCUT2D eigenvalue weighted by molar-refractivity contribution is -0.0449. The van der Waals surface area contributed by atoms with Crippen molar-refractivity contribution in [1.29, 1.82) is 0 Å². The summed E-state index contributed by atoms with van der Waals surface area (Å²) in [4.78, 5) is 2.17. The zero-order valence-corrected chi connectivity index (χ0v) is 13.7. The molecule has 1 aromatic heterocycles. The van der Waals surface area contributed by atoms with Gasteiger partial charge in [0.15, 0.2) is 4.60 Å². The van der Waals surface area contributed by atoms with Crippen LogP contribution < -0.4 is 0 Å². The molecule has 1 aromatic rings. The number of halogens is 1. The molecule has 1 heterocycles. The molecule has 0 aromatic carbocycles. The fraction of sp³-hybridized carbons (Fsp3) is 0.846. The van der Waals surface area contributed by atoms with Gasteiger partial charge in [-0.25, -0.2) is 4.68 Å². The summed E-state index contributed by atoms with van der Waals surface area (Å²) in [5.74, 6) is 0.744. The van der Waals surface area contributed by atoms with E-state index >= 15 is 0 Å². The van der Waals surface area contributed by atoms with Crippen LogP contribution in [0.3, 0.4) is 0 Å². The molecule has 6 heteroatoms. The predicted octanol–water partition coefficient (Wildman–Crippen LogP) is 2.12. The summed E-state index contributed by atoms with van der Waals surface area (Å²) >= 11 is 3.40. The largest absolute Gasteiger partial charge is 0.385 e. The summed E-state index contributed by atoms with van der Waals surface area (Å²) < 4.78 is 2.31. The number of aromatic nitrogens is 3. The van der Waals surface area contributed by atoms with Crippen LogP contribution >= 0.6 is 15.9 Å². The molecule has 0 spiro atoms. The first-order valence-corrected chi connectivity index (χ1v) is 7.58. The van der Waals surface area contributed by atoms with Gasteiger partial charge in [-0.1, -0.05) is 12.1 Å². The highest BCUT2D eigenvalue weighted by Gasteiger charge is 2.45. The highest BCUT2D eigenvalue weighted by Crippen LogP contribution is 2.44. The van der Waals surface area contributed by atoms with E-state index in [4.69, 9.17) is 0 Å². The first-order valence-electron chi connectivity index (χ1n) is 6.79. The molecular weight excluding hydrogens is 308 g/mol. The molecule has 1 fully saturated rings. The molecule has 1 saturated carbocycles. The number of nitrogens with zero attached hydrogens (tertiary/aromatic N) is 4. The van der Waals surface area contributed by atoms with Crippen molar-refractivity contribution in [3.8, 4) is 0 Å². The predicted molar refractivity (Wildman–Crippen MR) is 77.7 cm³/mol. The quantitative estimate of drug-likeness (QED) is 0.922. The van der Waals surface area contributed by atoms with E-state index in [1.807, 2.05) is 7.05 Å². The number of aryl methyl sites for hydroxylation is 1. The van der Waals surface area contributed by atoms with Gasteiger partial charge in [0.05, 0.1) is 5.54 Å². The van der Waals surface area contributed by atoms with Crippen molar-refractivity contribution in [2.75, 3.05) is 14.1 Å². The van der Waals surface area contributed by atoms with Crippen LogP contribution in [0, 0.1) is 5.92 Å². The van der Waals surface area contributed by atoms with Gasteiger partial charge in [-0.05, 0) is 61.6 Å². The third-order valence-electron chi connectivity index (χ3n) is 4.63. The SMILES string of the molecule is CC1CCC(C(O)c2c(Br)nnn2C)(N(C)C)CC1. The van der Waals surface area contributed by atoms with E-state index in [0.717, 1.165) is 37.3 Å². The number of aliphatic hydroxyl groups excluding tert-OH is 1. The smallest absolute Gasteiger partial charge is 0.154 e. The van der Waals surface area contributed by atoms with Crippen LogP contribution in [0.4, 0.5) is 0 Å². The number of aliphatic hydroxyl groups is 1. The summed E-state index contributed by atoms with van der Waals surface area (Å²) in [6.07, 6.45) is 3.72. The Labute approximate surface area is 123 Å². The lowest BCUT2D eigenvalue weighted by Crippen LogP contribution is -2.52. The summed E-state index contributed by atoms with van der Waals surface area (Å²) in [5, 5.41) is 18.9. The van der Waals surface area contributed by atoms with Crippen molar-refractivity contribution >= 4 is 15.9 Å². The van der Waals surface area contributed by atoms with E-state index in [1.165, 1.54) is 0 Å². The van der Waals surface area contributed by atoms with Crippen LogP contribution in [0.1, 0.15) is 44.4 Å². The second kappa shape index (κ2) is 5.50. The van der Waals surface area contributed by atoms with Gasteiger partial charge < -0.3 is 10.0 Å². The molecule has 1 aliphatic carbocycles. The Morgan fingerprint density at radius 3 is 2.42 bits per heavy atom. The molecule has 19 heavy (non-hydrogen) atoms. The Morgan fingerprint density at radius 2 is 2.00 bits per heavy atom. The molecule has 0 aliphatic heterocycles. The van der Waals surface area contributed by atoms with Crippen LogP contribution in [-0.2, 0) is 7.05 Å². The molecule has 0 bridgehead atoms. The van der Waals surface area contributed by atoms with Crippen LogP contribution in [0.2, 0.25) is 0 Å². The highest BCUT2D eigenvalue weighted by molar-refractivity contribution is 9.10. The maximum absolute atomic E-state index is 10.9. The zero-order valence-electron chi connectivity index (χ0n) is 12.1. The van der Waals surface area contributed by atoms with Crippen LogP contribution in [0.5, 0.6) is 0 Å². The second-order valence-corrected chi connectivity index (χ2v) is 6.72. The fourth-order valence-corrected chi connectivity index (χ4v) is 3.66. The average molecular weight is 331 g/mol. The number of hydrogen-bond acceptors (Lipinski definition) is 4.